The van der Waals surface area contributed by atoms with Gasteiger partial charge in [0.1, 0.15) is 0 Å². The Morgan fingerprint density at radius 2 is 1.86 bits per heavy atom. The molecule has 0 aliphatic carbocycles. The number of primary amides is 1. The van der Waals surface area contributed by atoms with Crippen LogP contribution in [-0.2, 0) is 16.1 Å². The van der Waals surface area contributed by atoms with Gasteiger partial charge in [-0.05, 0) is 48.0 Å². The van der Waals surface area contributed by atoms with Gasteiger partial charge in [0.25, 0.3) is 17.1 Å². The van der Waals surface area contributed by atoms with Crippen LogP contribution in [0.15, 0.2) is 47.4 Å². The van der Waals surface area contributed by atoms with Crippen molar-refractivity contribution in [3.05, 3.63) is 64.1 Å². The number of nitrogens with zero attached hydrogens (tertiary/aromatic N) is 1. The fraction of sp³-hybridized carbons (Fsp3) is 0.190. The van der Waals surface area contributed by atoms with Crippen molar-refractivity contribution in [2.45, 2.75) is 13.5 Å². The number of thioether (sulfide) groups is 1. The number of rotatable bonds is 7. The molecule has 7 nitrogen and oxygen atoms in total. The van der Waals surface area contributed by atoms with Crippen molar-refractivity contribution >= 4 is 34.9 Å². The summed E-state index contributed by atoms with van der Waals surface area (Å²) in [4.78, 5) is 37.5. The monoisotopic (exact) mass is 412 g/mol. The Balaban J connectivity index is 1.78. The first-order valence-corrected chi connectivity index (χ1v) is 9.59. The number of carbonyl (C=O) groups is 3. The normalized spacial score (nSPS) is 15.1. The lowest BCUT2D eigenvalue weighted by Crippen LogP contribution is -2.27. The maximum Gasteiger partial charge on any atom is 0.293 e. The molecule has 0 radical (unpaired) electrons. The second-order valence-electron chi connectivity index (χ2n) is 6.42. The number of amides is 3. The van der Waals surface area contributed by atoms with Crippen LogP contribution >= 0.6 is 11.8 Å². The van der Waals surface area contributed by atoms with E-state index in [1.165, 1.54) is 12.0 Å². The number of hydrogen-bond donors (Lipinski definition) is 1. The molecule has 0 aromatic heterocycles. The van der Waals surface area contributed by atoms with E-state index in [-0.39, 0.29) is 24.3 Å². The maximum atomic E-state index is 12.7. The highest BCUT2D eigenvalue weighted by molar-refractivity contribution is 8.18. The van der Waals surface area contributed by atoms with Gasteiger partial charge in [-0.3, -0.25) is 19.3 Å². The van der Waals surface area contributed by atoms with Crippen LogP contribution < -0.4 is 15.2 Å². The van der Waals surface area contributed by atoms with E-state index < -0.39 is 5.91 Å². The average molecular weight is 412 g/mol. The minimum Gasteiger partial charge on any atom is -0.493 e. The van der Waals surface area contributed by atoms with Gasteiger partial charge in [0.15, 0.2) is 18.1 Å². The first kappa shape index (κ1) is 20.5. The molecule has 0 saturated carbocycles. The molecule has 3 amide bonds. The summed E-state index contributed by atoms with van der Waals surface area (Å²) in [6.07, 6.45) is 1.63. The molecule has 0 spiro atoms. The van der Waals surface area contributed by atoms with Crippen LogP contribution in [0, 0.1) is 6.92 Å². The molecule has 29 heavy (non-hydrogen) atoms. The summed E-state index contributed by atoms with van der Waals surface area (Å²) in [6.45, 7) is 1.93. The van der Waals surface area contributed by atoms with Gasteiger partial charge in [0, 0.05) is 0 Å². The summed E-state index contributed by atoms with van der Waals surface area (Å²) < 4.78 is 10.6. The quantitative estimate of drug-likeness (QED) is 0.702. The molecule has 0 unspecified atom stereocenters. The van der Waals surface area contributed by atoms with Crippen molar-refractivity contribution in [2.24, 2.45) is 5.73 Å². The SMILES string of the molecule is COc1cc(/C=C2\SC(=O)N(Cc3ccc(C)cc3)C2=O)ccc1OCC(N)=O. The Bertz CT molecular complexity index is 985. The second-order valence-corrected chi connectivity index (χ2v) is 7.41. The summed E-state index contributed by atoms with van der Waals surface area (Å²) in [6, 6.07) is 12.7. The van der Waals surface area contributed by atoms with Crippen molar-refractivity contribution in [3.8, 4) is 11.5 Å². The number of nitrogens with two attached hydrogens (primary N) is 1. The summed E-state index contributed by atoms with van der Waals surface area (Å²) in [5, 5.41) is -0.310. The molecule has 2 N–H and O–H groups in total. The van der Waals surface area contributed by atoms with Crippen LogP contribution in [0.5, 0.6) is 11.5 Å². The second kappa shape index (κ2) is 8.83. The van der Waals surface area contributed by atoms with Crippen LogP contribution in [0.1, 0.15) is 16.7 Å². The van der Waals surface area contributed by atoms with Crippen LogP contribution in [-0.4, -0.2) is 35.7 Å². The molecule has 1 heterocycles. The van der Waals surface area contributed by atoms with E-state index in [2.05, 4.69) is 0 Å². The largest absolute Gasteiger partial charge is 0.493 e. The minimum atomic E-state index is -0.599. The van der Waals surface area contributed by atoms with Gasteiger partial charge in [0.2, 0.25) is 0 Å². The van der Waals surface area contributed by atoms with Crippen molar-refractivity contribution in [1.82, 2.24) is 4.90 Å². The van der Waals surface area contributed by atoms with Crippen LogP contribution in [0.3, 0.4) is 0 Å². The fourth-order valence-corrected chi connectivity index (χ4v) is 3.54. The lowest BCUT2D eigenvalue weighted by Gasteiger charge is -2.12. The highest BCUT2D eigenvalue weighted by atomic mass is 32.2. The lowest BCUT2D eigenvalue weighted by atomic mass is 10.1. The fourth-order valence-electron chi connectivity index (χ4n) is 2.71. The Hall–Kier alpha value is -3.26. The standard InChI is InChI=1S/C21H20N2O5S/c1-13-3-5-14(6-4-13)11-23-20(25)18(29-21(23)26)10-15-7-8-16(17(9-15)27-2)28-12-19(22)24/h3-10H,11-12H2,1-2H3,(H2,22,24)/b18-10-. The van der Waals surface area contributed by atoms with E-state index in [1.807, 2.05) is 31.2 Å². The Kier molecular flexibility index (Phi) is 6.23. The van der Waals surface area contributed by atoms with E-state index in [0.717, 1.165) is 22.9 Å². The third-order valence-electron chi connectivity index (χ3n) is 4.19. The Labute approximate surface area is 172 Å². The molecule has 2 aromatic carbocycles. The van der Waals surface area contributed by atoms with Crippen LogP contribution in [0.25, 0.3) is 6.08 Å². The Morgan fingerprint density at radius 1 is 1.14 bits per heavy atom. The first-order valence-electron chi connectivity index (χ1n) is 8.77. The number of hydrogen-bond acceptors (Lipinski definition) is 6. The van der Waals surface area contributed by atoms with Crippen molar-refractivity contribution in [2.75, 3.05) is 13.7 Å². The molecule has 150 valence electrons. The van der Waals surface area contributed by atoms with Gasteiger partial charge in [0.05, 0.1) is 18.6 Å². The van der Waals surface area contributed by atoms with Crippen molar-refractivity contribution in [1.29, 1.82) is 0 Å². The number of methoxy groups -OCH3 is 1. The van der Waals surface area contributed by atoms with Gasteiger partial charge in [-0.2, -0.15) is 0 Å². The molecule has 1 fully saturated rings. The van der Waals surface area contributed by atoms with E-state index in [1.54, 1.807) is 24.3 Å². The van der Waals surface area contributed by atoms with Crippen LogP contribution in [0.4, 0.5) is 4.79 Å². The Morgan fingerprint density at radius 3 is 2.52 bits per heavy atom. The first-order chi connectivity index (χ1) is 13.9. The molecule has 0 atom stereocenters. The number of aryl methyl sites for hydroxylation is 1. The van der Waals surface area contributed by atoms with E-state index in [4.69, 9.17) is 15.2 Å². The smallest absolute Gasteiger partial charge is 0.293 e. The molecule has 3 rings (SSSR count). The summed E-state index contributed by atoms with van der Waals surface area (Å²) >= 11 is 0.896. The summed E-state index contributed by atoms with van der Waals surface area (Å²) in [7, 11) is 1.46. The van der Waals surface area contributed by atoms with Gasteiger partial charge in [-0.25, -0.2) is 0 Å². The van der Waals surface area contributed by atoms with Crippen molar-refractivity contribution < 1.29 is 23.9 Å². The summed E-state index contributed by atoms with van der Waals surface area (Å²) in [5.74, 6) is -0.193. The zero-order chi connectivity index (χ0) is 21.0. The zero-order valence-electron chi connectivity index (χ0n) is 16.0. The number of benzene rings is 2. The van der Waals surface area contributed by atoms with Gasteiger partial charge in [-0.15, -0.1) is 0 Å². The topological polar surface area (TPSA) is 98.9 Å². The number of imide groups is 1. The molecule has 1 saturated heterocycles. The van der Waals surface area contributed by atoms with Gasteiger partial charge < -0.3 is 15.2 Å². The minimum absolute atomic E-state index is 0.228. The molecule has 0 bridgehead atoms. The van der Waals surface area contributed by atoms with Crippen LogP contribution in [0.2, 0.25) is 0 Å². The molecular formula is C21H20N2O5S. The predicted molar refractivity (Wildman–Crippen MR) is 110 cm³/mol. The van der Waals surface area contributed by atoms with Gasteiger partial charge in [-0.1, -0.05) is 35.9 Å². The van der Waals surface area contributed by atoms with Crippen molar-refractivity contribution in [3.63, 3.8) is 0 Å². The maximum absolute atomic E-state index is 12.7. The molecule has 1 aliphatic heterocycles. The molecule has 8 heteroatoms. The average Bonchev–Trinajstić information content (AvgIpc) is 2.95. The molecular weight excluding hydrogens is 392 g/mol. The number of ether oxygens (including phenoxy) is 2. The third kappa shape index (κ3) is 4.97. The van der Waals surface area contributed by atoms with Gasteiger partial charge >= 0.3 is 0 Å². The highest BCUT2D eigenvalue weighted by Crippen LogP contribution is 2.35. The molecule has 1 aliphatic rings. The van der Waals surface area contributed by atoms with E-state index in [0.29, 0.717) is 22.0 Å². The molecule has 2 aromatic rings. The summed E-state index contributed by atoms with van der Waals surface area (Å²) in [5.41, 5.74) is 7.74. The number of carbonyl (C=O) groups excluding carboxylic acids is 3. The third-order valence-corrected chi connectivity index (χ3v) is 5.10. The van der Waals surface area contributed by atoms with E-state index >= 15 is 0 Å². The highest BCUT2D eigenvalue weighted by Gasteiger charge is 2.35. The van der Waals surface area contributed by atoms with E-state index in [9.17, 15) is 14.4 Å². The zero-order valence-corrected chi connectivity index (χ0v) is 16.8. The lowest BCUT2D eigenvalue weighted by molar-refractivity contribution is -0.123. The predicted octanol–water partition coefficient (Wildman–Crippen LogP) is 3.10.